The minimum atomic E-state index is -0.805. The number of fused-ring (bicyclic) bond motifs is 3. The lowest BCUT2D eigenvalue weighted by Gasteiger charge is -2.18. The Balaban J connectivity index is 2.14. The molecule has 3 rings (SSSR count). The van der Waals surface area contributed by atoms with Crippen molar-refractivity contribution in [3.63, 3.8) is 0 Å². The maximum Gasteiger partial charge on any atom is 0.109 e. The van der Waals surface area contributed by atoms with Gasteiger partial charge >= 0.3 is 0 Å². The number of hydrogen-bond donors (Lipinski definition) is 2. The topological polar surface area (TPSA) is 46.2 Å². The molecule has 0 saturated heterocycles. The molecule has 0 spiro atoms. The zero-order valence-corrected chi connectivity index (χ0v) is 10.4. The van der Waals surface area contributed by atoms with Gasteiger partial charge in [0.15, 0.2) is 0 Å². The zero-order valence-electron chi connectivity index (χ0n) is 10.4. The largest absolute Gasteiger partial charge is 0.378 e. The van der Waals surface area contributed by atoms with Crippen molar-refractivity contribution in [3.05, 3.63) is 59.2 Å². The van der Waals surface area contributed by atoms with E-state index in [1.54, 1.807) is 0 Å². The van der Waals surface area contributed by atoms with E-state index >= 15 is 0 Å². The number of aliphatic hydroxyl groups is 1. The molecular weight excluding hydrogens is 222 g/mol. The van der Waals surface area contributed by atoms with E-state index in [9.17, 15) is 5.11 Å². The molecule has 0 saturated carbocycles. The van der Waals surface area contributed by atoms with Crippen molar-refractivity contribution < 1.29 is 5.11 Å². The van der Waals surface area contributed by atoms with Crippen molar-refractivity contribution in [2.75, 3.05) is 0 Å². The smallest absolute Gasteiger partial charge is 0.109 e. The predicted molar refractivity (Wildman–Crippen MR) is 73.3 cm³/mol. The van der Waals surface area contributed by atoms with Crippen LogP contribution in [-0.2, 0) is 6.42 Å². The molecule has 2 atom stereocenters. The summed E-state index contributed by atoms with van der Waals surface area (Å²) in [5, 5.41) is 9.60. The third-order valence-corrected chi connectivity index (χ3v) is 3.89. The van der Waals surface area contributed by atoms with Crippen LogP contribution in [0.1, 0.15) is 29.5 Å². The molecule has 2 unspecified atom stereocenters. The molecule has 2 heteroatoms. The van der Waals surface area contributed by atoms with Gasteiger partial charge in [-0.3, -0.25) is 0 Å². The second-order valence-corrected chi connectivity index (χ2v) is 4.99. The van der Waals surface area contributed by atoms with Crippen molar-refractivity contribution >= 4 is 0 Å². The fourth-order valence-corrected chi connectivity index (χ4v) is 2.79. The number of hydrogen-bond acceptors (Lipinski definition) is 2. The molecule has 1 aliphatic carbocycles. The lowest BCUT2D eigenvalue weighted by atomic mass is 9.91. The highest BCUT2D eigenvalue weighted by Crippen LogP contribution is 2.40. The summed E-state index contributed by atoms with van der Waals surface area (Å²) in [7, 11) is 0. The maximum absolute atomic E-state index is 9.60. The Morgan fingerprint density at radius 3 is 2.56 bits per heavy atom. The van der Waals surface area contributed by atoms with Gasteiger partial charge in [-0.05, 0) is 34.2 Å². The van der Waals surface area contributed by atoms with E-state index in [0.29, 0.717) is 0 Å². The van der Waals surface area contributed by atoms with Crippen molar-refractivity contribution in [1.29, 1.82) is 0 Å². The first-order valence-electron chi connectivity index (χ1n) is 6.32. The standard InChI is InChI=1S/C16H17NO/c1-10(16(17)18)12-7-4-8-14-13-6-3-2-5-11(13)9-15(12)14/h2-8,10,16,18H,9,17H2,1H3. The van der Waals surface area contributed by atoms with Crippen molar-refractivity contribution in [1.82, 2.24) is 0 Å². The summed E-state index contributed by atoms with van der Waals surface area (Å²) in [6.45, 7) is 1.98. The molecule has 0 bridgehead atoms. The zero-order chi connectivity index (χ0) is 12.7. The fourth-order valence-electron chi connectivity index (χ4n) is 2.79. The number of benzene rings is 2. The molecule has 0 amide bonds. The van der Waals surface area contributed by atoms with E-state index in [-0.39, 0.29) is 5.92 Å². The summed E-state index contributed by atoms with van der Waals surface area (Å²) < 4.78 is 0. The van der Waals surface area contributed by atoms with Crippen molar-refractivity contribution in [2.45, 2.75) is 25.5 Å². The van der Waals surface area contributed by atoms with Crippen LogP contribution in [0.3, 0.4) is 0 Å². The summed E-state index contributed by atoms with van der Waals surface area (Å²) in [5.41, 5.74) is 12.1. The summed E-state index contributed by atoms with van der Waals surface area (Å²) >= 11 is 0. The molecule has 0 fully saturated rings. The van der Waals surface area contributed by atoms with Gasteiger partial charge in [-0.15, -0.1) is 0 Å². The number of nitrogens with two attached hydrogens (primary N) is 1. The highest BCUT2D eigenvalue weighted by molar-refractivity contribution is 5.78. The van der Waals surface area contributed by atoms with E-state index in [1.807, 2.05) is 6.92 Å². The molecule has 2 nitrogen and oxygen atoms in total. The Bertz CT molecular complexity index is 589. The van der Waals surface area contributed by atoms with Gasteiger partial charge in [0.2, 0.25) is 0 Å². The summed E-state index contributed by atoms with van der Waals surface area (Å²) in [4.78, 5) is 0. The van der Waals surface area contributed by atoms with Crippen LogP contribution in [0.25, 0.3) is 11.1 Å². The lowest BCUT2D eigenvalue weighted by Crippen LogP contribution is -2.26. The molecule has 18 heavy (non-hydrogen) atoms. The minimum absolute atomic E-state index is 0.0331. The third-order valence-electron chi connectivity index (χ3n) is 3.89. The summed E-state index contributed by atoms with van der Waals surface area (Å²) in [5.74, 6) is -0.0331. The Kier molecular flexibility index (Phi) is 2.69. The molecule has 0 aliphatic heterocycles. The van der Waals surface area contributed by atoms with Gasteiger partial charge < -0.3 is 10.8 Å². The van der Waals surface area contributed by atoms with Crippen LogP contribution in [0.5, 0.6) is 0 Å². The predicted octanol–water partition coefficient (Wildman–Crippen LogP) is 2.64. The van der Waals surface area contributed by atoms with Gasteiger partial charge in [0.25, 0.3) is 0 Å². The molecular formula is C16H17NO. The molecule has 0 radical (unpaired) electrons. The SMILES string of the molecule is CC(c1cccc2c1Cc1ccccc1-2)C(N)O. The average molecular weight is 239 g/mol. The second kappa shape index (κ2) is 4.23. The fraction of sp³-hybridized carbons (Fsp3) is 0.250. The Labute approximate surface area is 107 Å². The minimum Gasteiger partial charge on any atom is -0.378 e. The van der Waals surface area contributed by atoms with E-state index in [2.05, 4.69) is 42.5 Å². The van der Waals surface area contributed by atoms with Crippen molar-refractivity contribution in [2.24, 2.45) is 5.73 Å². The monoisotopic (exact) mass is 239 g/mol. The van der Waals surface area contributed by atoms with Gasteiger partial charge in [-0.1, -0.05) is 49.4 Å². The van der Waals surface area contributed by atoms with Crippen molar-refractivity contribution in [3.8, 4) is 11.1 Å². The number of rotatable bonds is 2. The van der Waals surface area contributed by atoms with E-state index < -0.39 is 6.23 Å². The first-order valence-corrected chi connectivity index (χ1v) is 6.32. The molecule has 2 aromatic carbocycles. The van der Waals surface area contributed by atoms with Crippen LogP contribution in [0.2, 0.25) is 0 Å². The van der Waals surface area contributed by atoms with Gasteiger partial charge in [0.05, 0.1) is 0 Å². The molecule has 2 aromatic rings. The van der Waals surface area contributed by atoms with E-state index in [0.717, 1.165) is 6.42 Å². The van der Waals surface area contributed by atoms with Crippen LogP contribution >= 0.6 is 0 Å². The van der Waals surface area contributed by atoms with Gasteiger partial charge in [-0.2, -0.15) is 0 Å². The molecule has 92 valence electrons. The Morgan fingerprint density at radius 1 is 1.06 bits per heavy atom. The van der Waals surface area contributed by atoms with Gasteiger partial charge in [0, 0.05) is 5.92 Å². The van der Waals surface area contributed by atoms with Gasteiger partial charge in [0.1, 0.15) is 6.23 Å². The van der Waals surface area contributed by atoms with Gasteiger partial charge in [-0.25, -0.2) is 0 Å². The van der Waals surface area contributed by atoms with Crippen LogP contribution in [0, 0.1) is 0 Å². The summed E-state index contributed by atoms with van der Waals surface area (Å²) in [6, 6.07) is 14.8. The average Bonchev–Trinajstić information content (AvgIpc) is 2.76. The number of aliphatic hydroxyl groups excluding tert-OH is 1. The molecule has 3 N–H and O–H groups in total. The van der Waals surface area contributed by atoms with Crippen LogP contribution in [0.4, 0.5) is 0 Å². The lowest BCUT2D eigenvalue weighted by molar-refractivity contribution is 0.156. The first kappa shape index (κ1) is 11.5. The first-order chi connectivity index (χ1) is 8.68. The van der Waals surface area contributed by atoms with E-state index in [4.69, 9.17) is 5.73 Å². The van der Waals surface area contributed by atoms with E-state index in [1.165, 1.54) is 27.8 Å². The molecule has 1 aliphatic rings. The normalized spacial score (nSPS) is 15.9. The van der Waals surface area contributed by atoms with Crippen LogP contribution < -0.4 is 5.73 Å². The quantitative estimate of drug-likeness (QED) is 0.675. The third kappa shape index (κ3) is 1.65. The molecule has 0 aromatic heterocycles. The highest BCUT2D eigenvalue weighted by Gasteiger charge is 2.24. The molecule has 0 heterocycles. The maximum atomic E-state index is 9.60. The summed E-state index contributed by atoms with van der Waals surface area (Å²) in [6.07, 6.45) is 0.138. The highest BCUT2D eigenvalue weighted by atomic mass is 16.3. The van der Waals surface area contributed by atoms with Crippen LogP contribution in [0.15, 0.2) is 42.5 Å². The second-order valence-electron chi connectivity index (χ2n) is 4.99. The Morgan fingerprint density at radius 2 is 1.78 bits per heavy atom. The van der Waals surface area contributed by atoms with Crippen LogP contribution in [-0.4, -0.2) is 11.3 Å². The Hall–Kier alpha value is -1.64.